The molecule has 1 rings (SSSR count). The van der Waals surface area contributed by atoms with E-state index in [1.807, 2.05) is 6.92 Å². The zero-order chi connectivity index (χ0) is 15.7. The van der Waals surface area contributed by atoms with Crippen molar-refractivity contribution >= 4 is 15.9 Å². The Balaban J connectivity index is 2.30. The zero-order valence-electron chi connectivity index (χ0n) is 12.1. The minimum absolute atomic E-state index is 0.130. The van der Waals surface area contributed by atoms with Crippen molar-refractivity contribution in [1.82, 2.24) is 10.0 Å². The zero-order valence-corrected chi connectivity index (χ0v) is 12.9. The molecule has 7 heteroatoms. The SMILES string of the molecule is CC(CO)CCCNC(=O)CNS(=O)(=O)c1ccccc1. The van der Waals surface area contributed by atoms with Crippen LogP contribution in [0.1, 0.15) is 19.8 Å². The second-order valence-electron chi connectivity index (χ2n) is 4.92. The highest BCUT2D eigenvalue weighted by molar-refractivity contribution is 7.89. The van der Waals surface area contributed by atoms with Crippen LogP contribution >= 0.6 is 0 Å². The van der Waals surface area contributed by atoms with Gasteiger partial charge in [0.15, 0.2) is 0 Å². The molecule has 21 heavy (non-hydrogen) atoms. The third-order valence-corrected chi connectivity index (χ3v) is 4.40. The van der Waals surface area contributed by atoms with Gasteiger partial charge in [0.1, 0.15) is 0 Å². The monoisotopic (exact) mass is 314 g/mol. The van der Waals surface area contributed by atoms with Gasteiger partial charge in [-0.2, -0.15) is 0 Å². The Bertz CT molecular complexity index is 531. The van der Waals surface area contributed by atoms with Gasteiger partial charge in [0.2, 0.25) is 15.9 Å². The Hall–Kier alpha value is -1.44. The molecule has 0 spiro atoms. The van der Waals surface area contributed by atoms with Crippen LogP contribution in [0.5, 0.6) is 0 Å². The molecule has 1 aromatic carbocycles. The average molecular weight is 314 g/mol. The van der Waals surface area contributed by atoms with Crippen molar-refractivity contribution in [3.8, 4) is 0 Å². The minimum Gasteiger partial charge on any atom is -0.396 e. The summed E-state index contributed by atoms with van der Waals surface area (Å²) < 4.78 is 26.0. The minimum atomic E-state index is -3.65. The second-order valence-corrected chi connectivity index (χ2v) is 6.68. The number of hydrogen-bond donors (Lipinski definition) is 3. The summed E-state index contributed by atoms with van der Waals surface area (Å²) in [6.07, 6.45) is 1.56. The molecule has 0 aliphatic heterocycles. The van der Waals surface area contributed by atoms with Crippen LogP contribution in [-0.4, -0.2) is 39.1 Å². The predicted octanol–water partition coefficient (Wildman–Crippen LogP) is 0.490. The fourth-order valence-electron chi connectivity index (χ4n) is 1.68. The third-order valence-electron chi connectivity index (χ3n) is 2.98. The molecular formula is C14H22N2O4S. The highest BCUT2D eigenvalue weighted by Gasteiger charge is 2.14. The number of aliphatic hydroxyl groups is 1. The lowest BCUT2D eigenvalue weighted by Crippen LogP contribution is -2.37. The van der Waals surface area contributed by atoms with E-state index in [1.165, 1.54) is 12.1 Å². The summed E-state index contributed by atoms with van der Waals surface area (Å²) in [5.74, 6) is -0.162. The molecule has 118 valence electrons. The van der Waals surface area contributed by atoms with Crippen LogP contribution in [0.25, 0.3) is 0 Å². The number of amides is 1. The molecule has 0 saturated heterocycles. The highest BCUT2D eigenvalue weighted by Crippen LogP contribution is 2.06. The molecule has 6 nitrogen and oxygen atoms in total. The first-order valence-corrected chi connectivity index (χ1v) is 8.36. The summed E-state index contributed by atoms with van der Waals surface area (Å²) in [6.45, 7) is 2.24. The smallest absolute Gasteiger partial charge is 0.241 e. The van der Waals surface area contributed by atoms with Crippen LogP contribution < -0.4 is 10.0 Å². The Morgan fingerprint density at radius 1 is 1.29 bits per heavy atom. The van der Waals surface area contributed by atoms with E-state index in [1.54, 1.807) is 18.2 Å². The van der Waals surface area contributed by atoms with Gasteiger partial charge in [-0.25, -0.2) is 13.1 Å². The first-order valence-electron chi connectivity index (χ1n) is 6.88. The Labute approximate surface area is 125 Å². The lowest BCUT2D eigenvalue weighted by atomic mass is 10.1. The molecular weight excluding hydrogens is 292 g/mol. The maximum atomic E-state index is 11.9. The number of nitrogens with one attached hydrogen (secondary N) is 2. The van der Waals surface area contributed by atoms with Crippen molar-refractivity contribution in [2.75, 3.05) is 19.7 Å². The van der Waals surface area contributed by atoms with Crippen LogP contribution in [0.3, 0.4) is 0 Å². The first-order chi connectivity index (χ1) is 9.95. The summed E-state index contributed by atoms with van der Waals surface area (Å²) in [5.41, 5.74) is 0. The van der Waals surface area contributed by atoms with Gasteiger partial charge >= 0.3 is 0 Å². The van der Waals surface area contributed by atoms with E-state index in [-0.39, 0.29) is 29.9 Å². The van der Waals surface area contributed by atoms with Crippen LogP contribution in [0.15, 0.2) is 35.2 Å². The van der Waals surface area contributed by atoms with E-state index < -0.39 is 10.0 Å². The molecule has 0 radical (unpaired) electrons. The average Bonchev–Trinajstić information content (AvgIpc) is 2.50. The second kappa shape index (κ2) is 8.76. The van der Waals surface area contributed by atoms with Gasteiger partial charge in [-0.05, 0) is 30.9 Å². The predicted molar refractivity (Wildman–Crippen MR) is 80.1 cm³/mol. The molecule has 1 amide bonds. The normalized spacial score (nSPS) is 12.9. The van der Waals surface area contributed by atoms with E-state index in [9.17, 15) is 13.2 Å². The summed E-state index contributed by atoms with van der Waals surface area (Å²) in [5, 5.41) is 11.5. The molecule has 1 aromatic rings. The molecule has 1 atom stereocenters. The fourth-order valence-corrected chi connectivity index (χ4v) is 2.68. The Kier molecular flexibility index (Phi) is 7.35. The Morgan fingerprint density at radius 2 is 1.95 bits per heavy atom. The van der Waals surface area contributed by atoms with Gasteiger partial charge < -0.3 is 10.4 Å². The molecule has 0 fully saturated rings. The maximum absolute atomic E-state index is 11.9. The van der Waals surface area contributed by atoms with Crippen molar-refractivity contribution in [1.29, 1.82) is 0 Å². The summed E-state index contributed by atoms with van der Waals surface area (Å²) in [4.78, 5) is 11.7. The summed E-state index contributed by atoms with van der Waals surface area (Å²) in [7, 11) is -3.65. The van der Waals surface area contributed by atoms with Gasteiger partial charge in [-0.1, -0.05) is 25.1 Å². The molecule has 0 bridgehead atoms. The maximum Gasteiger partial charge on any atom is 0.241 e. The van der Waals surface area contributed by atoms with E-state index in [2.05, 4.69) is 10.0 Å². The van der Waals surface area contributed by atoms with E-state index in [0.29, 0.717) is 6.54 Å². The number of benzene rings is 1. The van der Waals surface area contributed by atoms with Crippen molar-refractivity contribution in [2.24, 2.45) is 5.92 Å². The Morgan fingerprint density at radius 3 is 2.57 bits per heavy atom. The fraction of sp³-hybridized carbons (Fsp3) is 0.500. The van der Waals surface area contributed by atoms with Crippen molar-refractivity contribution in [2.45, 2.75) is 24.7 Å². The van der Waals surface area contributed by atoms with Gasteiger partial charge in [0, 0.05) is 13.2 Å². The lowest BCUT2D eigenvalue weighted by Gasteiger charge is -2.09. The number of carbonyl (C=O) groups excluding carboxylic acids is 1. The lowest BCUT2D eigenvalue weighted by molar-refractivity contribution is -0.119. The van der Waals surface area contributed by atoms with Gasteiger partial charge in [0.05, 0.1) is 11.4 Å². The van der Waals surface area contributed by atoms with Crippen LogP contribution in [0, 0.1) is 5.92 Å². The number of hydrogen-bond acceptors (Lipinski definition) is 4. The van der Waals surface area contributed by atoms with Crippen LogP contribution in [-0.2, 0) is 14.8 Å². The molecule has 0 aliphatic rings. The molecule has 1 unspecified atom stereocenters. The largest absolute Gasteiger partial charge is 0.396 e. The van der Waals surface area contributed by atoms with Crippen molar-refractivity contribution < 1.29 is 18.3 Å². The van der Waals surface area contributed by atoms with Gasteiger partial charge in [0.25, 0.3) is 0 Å². The third kappa shape index (κ3) is 6.70. The van der Waals surface area contributed by atoms with Crippen molar-refractivity contribution in [3.63, 3.8) is 0 Å². The standard InChI is InChI=1S/C14H22N2O4S/c1-12(11-17)6-5-9-15-14(18)10-16-21(19,20)13-7-3-2-4-8-13/h2-4,7-8,12,16-17H,5-6,9-11H2,1H3,(H,15,18). The van der Waals surface area contributed by atoms with E-state index >= 15 is 0 Å². The molecule has 0 heterocycles. The summed E-state index contributed by atoms with van der Waals surface area (Å²) in [6, 6.07) is 7.90. The first kappa shape index (κ1) is 17.6. The van der Waals surface area contributed by atoms with E-state index in [4.69, 9.17) is 5.11 Å². The topological polar surface area (TPSA) is 95.5 Å². The quantitative estimate of drug-likeness (QED) is 0.578. The van der Waals surface area contributed by atoms with Crippen LogP contribution in [0.4, 0.5) is 0 Å². The van der Waals surface area contributed by atoms with Gasteiger partial charge in [-0.3, -0.25) is 4.79 Å². The number of aliphatic hydroxyl groups excluding tert-OH is 1. The van der Waals surface area contributed by atoms with Gasteiger partial charge in [-0.15, -0.1) is 0 Å². The molecule has 0 saturated carbocycles. The highest BCUT2D eigenvalue weighted by atomic mass is 32.2. The van der Waals surface area contributed by atoms with Crippen molar-refractivity contribution in [3.05, 3.63) is 30.3 Å². The number of carbonyl (C=O) groups is 1. The van der Waals surface area contributed by atoms with Crippen LogP contribution in [0.2, 0.25) is 0 Å². The number of rotatable bonds is 9. The number of sulfonamides is 1. The molecule has 0 aromatic heterocycles. The molecule has 3 N–H and O–H groups in total. The molecule has 0 aliphatic carbocycles. The summed E-state index contributed by atoms with van der Waals surface area (Å²) >= 11 is 0. The van der Waals surface area contributed by atoms with E-state index in [0.717, 1.165) is 12.8 Å².